The second-order valence-electron chi connectivity index (χ2n) is 8.65. The van der Waals surface area contributed by atoms with Crippen molar-refractivity contribution in [3.8, 4) is 23.1 Å². The lowest BCUT2D eigenvalue weighted by Crippen LogP contribution is -2.19. The molecule has 1 aromatic heterocycles. The van der Waals surface area contributed by atoms with E-state index in [1.165, 1.54) is 26.4 Å². The van der Waals surface area contributed by atoms with Gasteiger partial charge in [0, 0.05) is 16.8 Å². The second-order valence-corrected chi connectivity index (χ2v) is 11.1. The first-order chi connectivity index (χ1) is 20.2. The van der Waals surface area contributed by atoms with Crippen LogP contribution >= 0.6 is 23.2 Å². The molecule has 0 aliphatic heterocycles. The van der Waals surface area contributed by atoms with Gasteiger partial charge in [-0.3, -0.25) is 9.52 Å². The van der Waals surface area contributed by atoms with Gasteiger partial charge in [-0.1, -0.05) is 53.5 Å². The average Bonchev–Trinajstić information content (AvgIpc) is 2.98. The highest BCUT2D eigenvalue weighted by Gasteiger charge is 2.28. The molecule has 5 rings (SSSR count). The predicted octanol–water partition coefficient (Wildman–Crippen LogP) is 6.80. The van der Waals surface area contributed by atoms with Crippen molar-refractivity contribution in [2.75, 3.05) is 24.3 Å². The van der Waals surface area contributed by atoms with Gasteiger partial charge in [0.05, 0.1) is 36.0 Å². The first-order valence-electron chi connectivity index (χ1n) is 12.2. The van der Waals surface area contributed by atoms with Gasteiger partial charge < -0.3 is 19.5 Å². The number of benzene rings is 4. The number of hydrogen-bond donors (Lipinski definition) is 2. The number of hydrogen-bond acceptors (Lipinski definition) is 8. The van der Waals surface area contributed by atoms with Crippen LogP contribution in [0.15, 0.2) is 89.8 Å². The number of methoxy groups -OCH3 is 2. The number of nitrogens with one attached hydrogen (secondary N) is 2. The molecule has 0 aliphatic rings. The molecule has 0 saturated heterocycles. The van der Waals surface area contributed by atoms with E-state index in [0.29, 0.717) is 27.5 Å². The number of anilines is 2. The van der Waals surface area contributed by atoms with Gasteiger partial charge in [0.2, 0.25) is 0 Å². The number of carbonyl (C=O) groups excluding carboxylic acids is 1. The quantitative estimate of drug-likeness (QED) is 0.183. The number of sulfonamides is 1. The molecule has 0 fully saturated rings. The van der Waals surface area contributed by atoms with E-state index in [4.69, 9.17) is 37.4 Å². The minimum Gasteiger partial charge on any atom is -0.493 e. The normalized spacial score (nSPS) is 11.1. The zero-order valence-electron chi connectivity index (χ0n) is 22.1. The summed E-state index contributed by atoms with van der Waals surface area (Å²) in [5, 5.41) is 2.97. The van der Waals surface area contributed by atoms with E-state index in [-0.39, 0.29) is 38.7 Å². The lowest BCUT2D eigenvalue weighted by Gasteiger charge is -2.17. The fraction of sp³-hybridized carbons (Fsp3) is 0.0690. The van der Waals surface area contributed by atoms with Crippen molar-refractivity contribution in [1.82, 2.24) is 9.97 Å². The molecule has 10 nitrogen and oxygen atoms in total. The largest absolute Gasteiger partial charge is 0.493 e. The summed E-state index contributed by atoms with van der Waals surface area (Å²) in [6, 6.07) is 22.7. The Balaban J connectivity index is 1.55. The summed E-state index contributed by atoms with van der Waals surface area (Å²) in [5.74, 6) is -0.515. The molecule has 5 aromatic rings. The van der Waals surface area contributed by atoms with Crippen molar-refractivity contribution < 1.29 is 27.4 Å². The van der Waals surface area contributed by atoms with Crippen LogP contribution in [0.25, 0.3) is 11.0 Å². The van der Waals surface area contributed by atoms with Crippen LogP contribution in [0.2, 0.25) is 10.0 Å². The molecule has 4 aromatic carbocycles. The number of nitrogens with zero attached hydrogens (tertiary/aromatic N) is 2. The predicted molar refractivity (Wildman–Crippen MR) is 161 cm³/mol. The van der Waals surface area contributed by atoms with Crippen molar-refractivity contribution in [3.63, 3.8) is 0 Å². The fourth-order valence-corrected chi connectivity index (χ4v) is 5.94. The Morgan fingerprint density at radius 1 is 0.810 bits per heavy atom. The van der Waals surface area contributed by atoms with Gasteiger partial charge in [0.15, 0.2) is 22.9 Å². The van der Waals surface area contributed by atoms with E-state index in [2.05, 4.69) is 20.0 Å². The number of ether oxygens (including phenoxy) is 3. The molecule has 2 N–H and O–H groups in total. The van der Waals surface area contributed by atoms with E-state index in [0.717, 1.165) is 0 Å². The van der Waals surface area contributed by atoms with Crippen LogP contribution in [0.3, 0.4) is 0 Å². The average molecular weight is 625 g/mol. The lowest BCUT2D eigenvalue weighted by atomic mass is 10.2. The highest BCUT2D eigenvalue weighted by atomic mass is 35.5. The van der Waals surface area contributed by atoms with Crippen molar-refractivity contribution in [3.05, 3.63) is 101 Å². The highest BCUT2D eigenvalue weighted by Crippen LogP contribution is 2.40. The first kappa shape index (κ1) is 28.9. The molecule has 13 heteroatoms. The number of fused-ring (bicyclic) bond motifs is 1. The van der Waals surface area contributed by atoms with Crippen molar-refractivity contribution in [2.45, 2.75) is 4.90 Å². The number of halogens is 2. The van der Waals surface area contributed by atoms with Gasteiger partial charge >= 0.3 is 0 Å². The van der Waals surface area contributed by atoms with Crippen LogP contribution in [0, 0.1) is 0 Å². The summed E-state index contributed by atoms with van der Waals surface area (Å²) in [7, 11) is -1.52. The number of rotatable bonds is 9. The molecule has 214 valence electrons. The summed E-state index contributed by atoms with van der Waals surface area (Å²) in [6.07, 6.45) is 0. The van der Waals surface area contributed by atoms with E-state index < -0.39 is 15.9 Å². The molecular formula is C29H22Cl2N4O6S. The molecule has 1 heterocycles. The minimum atomic E-state index is -4.23. The van der Waals surface area contributed by atoms with Gasteiger partial charge in [-0.25, -0.2) is 18.4 Å². The molecule has 1 amide bonds. The summed E-state index contributed by atoms with van der Waals surface area (Å²) >= 11 is 12.4. The Morgan fingerprint density at radius 3 is 2.19 bits per heavy atom. The zero-order chi connectivity index (χ0) is 29.9. The molecule has 0 unspecified atom stereocenters. The molecule has 0 spiro atoms. The minimum absolute atomic E-state index is 0.0188. The van der Waals surface area contributed by atoms with Crippen molar-refractivity contribution in [2.24, 2.45) is 0 Å². The molecular weight excluding hydrogens is 603 g/mol. The maximum atomic E-state index is 13.7. The van der Waals surface area contributed by atoms with Crippen LogP contribution in [0.4, 0.5) is 11.4 Å². The van der Waals surface area contributed by atoms with Crippen LogP contribution in [0.5, 0.6) is 23.1 Å². The maximum Gasteiger partial charge on any atom is 0.280 e. The van der Waals surface area contributed by atoms with Gasteiger partial charge in [-0.15, -0.1) is 0 Å². The summed E-state index contributed by atoms with van der Waals surface area (Å²) in [6.45, 7) is 0. The Hall–Kier alpha value is -4.58. The monoisotopic (exact) mass is 624 g/mol. The van der Waals surface area contributed by atoms with E-state index in [1.807, 2.05) is 0 Å². The van der Waals surface area contributed by atoms with Gasteiger partial charge in [-0.2, -0.15) is 0 Å². The Bertz CT molecular complexity index is 1910. The number of aromatic nitrogens is 2. The summed E-state index contributed by atoms with van der Waals surface area (Å²) < 4.78 is 46.0. The topological polar surface area (TPSA) is 129 Å². The first-order valence-corrected chi connectivity index (χ1v) is 14.5. The Morgan fingerprint density at radius 2 is 1.50 bits per heavy atom. The van der Waals surface area contributed by atoms with Crippen LogP contribution in [0.1, 0.15) is 10.5 Å². The lowest BCUT2D eigenvalue weighted by molar-refractivity contribution is 0.101. The molecule has 0 radical (unpaired) electrons. The van der Waals surface area contributed by atoms with Gasteiger partial charge in [0.1, 0.15) is 4.90 Å². The van der Waals surface area contributed by atoms with Gasteiger partial charge in [-0.05, 0) is 48.5 Å². The maximum absolute atomic E-state index is 13.7. The number of para-hydroxylation sites is 3. The second kappa shape index (κ2) is 12.1. The summed E-state index contributed by atoms with van der Waals surface area (Å²) in [5.41, 5.74) is 1.05. The Kier molecular flexibility index (Phi) is 8.34. The molecule has 42 heavy (non-hydrogen) atoms. The van der Waals surface area contributed by atoms with E-state index in [1.54, 1.807) is 72.8 Å². The smallest absolute Gasteiger partial charge is 0.280 e. The van der Waals surface area contributed by atoms with Crippen LogP contribution in [-0.4, -0.2) is 38.5 Å². The van der Waals surface area contributed by atoms with E-state index in [9.17, 15) is 13.2 Å². The third kappa shape index (κ3) is 6.03. The number of amides is 1. The molecule has 0 saturated carbocycles. The fourth-order valence-electron chi connectivity index (χ4n) is 4.02. The third-order valence-corrected chi connectivity index (χ3v) is 8.01. The number of carbonyl (C=O) groups is 1. The van der Waals surface area contributed by atoms with Crippen LogP contribution in [-0.2, 0) is 10.0 Å². The molecule has 0 atom stereocenters. The van der Waals surface area contributed by atoms with Crippen molar-refractivity contribution >= 4 is 61.5 Å². The van der Waals surface area contributed by atoms with Crippen LogP contribution < -0.4 is 24.2 Å². The third-order valence-electron chi connectivity index (χ3n) is 5.90. The molecule has 0 aliphatic carbocycles. The Labute approximate surface area is 251 Å². The van der Waals surface area contributed by atoms with Gasteiger partial charge in [0.25, 0.3) is 21.8 Å². The van der Waals surface area contributed by atoms with Crippen molar-refractivity contribution in [1.29, 1.82) is 0 Å². The molecule has 0 bridgehead atoms. The highest BCUT2D eigenvalue weighted by molar-refractivity contribution is 7.93. The zero-order valence-corrected chi connectivity index (χ0v) is 24.4. The SMILES string of the molecule is COc1cc(Cl)ccc1Oc1nc2ccccc2nc1C(=O)Nc1ccc(Cl)c(S(=O)(=O)Nc2ccccc2)c1OC. The van der Waals surface area contributed by atoms with E-state index >= 15 is 0 Å². The summed E-state index contributed by atoms with van der Waals surface area (Å²) in [4.78, 5) is 22.3. The standard InChI is InChI=1S/C29H22Cl2N4O6S/c1-39-24-16-17(30)12-15-23(24)41-29-25(32-20-10-6-7-11-21(20)34-29)28(36)33-22-14-13-19(31)27(26(22)40-2)42(37,38)35-18-8-4-3-5-9-18/h3-16,35H,1-2H3,(H,33,36).